The number of benzene rings is 8. The second kappa shape index (κ2) is 10.8. The molecule has 0 atom stereocenters. The van der Waals surface area contributed by atoms with Crippen LogP contribution in [0.5, 0.6) is 0 Å². The maximum atomic E-state index is 6.60. The number of furan rings is 1. The van der Waals surface area contributed by atoms with Gasteiger partial charge in [-0.1, -0.05) is 121 Å². The summed E-state index contributed by atoms with van der Waals surface area (Å²) in [6.45, 7) is 0. The highest BCUT2D eigenvalue weighted by Gasteiger charge is 2.17. The lowest BCUT2D eigenvalue weighted by Gasteiger charge is -2.26. The van der Waals surface area contributed by atoms with Gasteiger partial charge in [-0.05, 0) is 92.3 Å². The van der Waals surface area contributed by atoms with Gasteiger partial charge in [-0.2, -0.15) is 0 Å². The van der Waals surface area contributed by atoms with Crippen molar-refractivity contribution in [1.29, 1.82) is 0 Å². The van der Waals surface area contributed by atoms with Gasteiger partial charge >= 0.3 is 0 Å². The van der Waals surface area contributed by atoms with Crippen LogP contribution in [-0.4, -0.2) is 0 Å². The summed E-state index contributed by atoms with van der Waals surface area (Å²) in [5.74, 6) is 0. The molecule has 46 heavy (non-hydrogen) atoms. The molecule has 9 aromatic rings. The normalized spacial score (nSPS) is 11.5. The maximum Gasteiger partial charge on any atom is 0.137 e. The fourth-order valence-electron chi connectivity index (χ4n) is 6.72. The van der Waals surface area contributed by atoms with Crippen molar-refractivity contribution in [2.75, 3.05) is 4.90 Å². The lowest BCUT2D eigenvalue weighted by Crippen LogP contribution is -2.09. The van der Waals surface area contributed by atoms with Gasteiger partial charge in [0.15, 0.2) is 0 Å². The third kappa shape index (κ3) is 4.51. The maximum absolute atomic E-state index is 6.60. The Bertz CT molecular complexity index is 2410. The topological polar surface area (TPSA) is 16.4 Å². The number of fused-ring (bicyclic) bond motifs is 6. The first-order valence-electron chi connectivity index (χ1n) is 15.7. The van der Waals surface area contributed by atoms with Crippen molar-refractivity contribution in [1.82, 2.24) is 0 Å². The predicted octanol–water partition coefficient (Wildman–Crippen LogP) is 12.7. The smallest absolute Gasteiger partial charge is 0.137 e. The zero-order valence-corrected chi connectivity index (χ0v) is 25.1. The van der Waals surface area contributed by atoms with E-state index in [2.05, 4.69) is 181 Å². The lowest BCUT2D eigenvalue weighted by molar-refractivity contribution is 0.669. The zero-order valence-electron chi connectivity index (χ0n) is 25.1. The van der Waals surface area contributed by atoms with Crippen LogP contribution in [0.15, 0.2) is 180 Å². The fraction of sp³-hybridized carbons (Fsp3) is 0. The Balaban J connectivity index is 1.18. The van der Waals surface area contributed by atoms with Crippen molar-refractivity contribution in [3.63, 3.8) is 0 Å². The molecule has 0 aliphatic rings. The second-order valence-electron chi connectivity index (χ2n) is 11.8. The predicted molar refractivity (Wildman–Crippen MR) is 194 cm³/mol. The molecule has 1 aromatic heterocycles. The van der Waals surface area contributed by atoms with E-state index in [9.17, 15) is 0 Å². The van der Waals surface area contributed by atoms with E-state index in [0.29, 0.717) is 0 Å². The average Bonchev–Trinajstić information content (AvgIpc) is 3.49. The van der Waals surface area contributed by atoms with Crippen LogP contribution in [0.1, 0.15) is 0 Å². The van der Waals surface area contributed by atoms with E-state index in [1.54, 1.807) is 0 Å². The Hall–Kier alpha value is -6.12. The fourth-order valence-corrected chi connectivity index (χ4v) is 6.72. The van der Waals surface area contributed by atoms with E-state index in [-0.39, 0.29) is 0 Å². The standard InChI is InChI=1S/C44H29NO/c1-3-9-30(10-4-1)32-17-21-36(22-18-32)45(37-23-19-33(20-24-37)31-11-5-2-6-12-31)38-25-26-40-42-27-35-16-15-34-13-7-8-14-39(34)41(35)29-44(42)46-43(40)28-38/h1-29H. The highest BCUT2D eigenvalue weighted by molar-refractivity contribution is 6.16. The van der Waals surface area contributed by atoms with Crippen LogP contribution in [0.25, 0.3) is 65.7 Å². The molecular weight excluding hydrogens is 558 g/mol. The second-order valence-corrected chi connectivity index (χ2v) is 11.8. The molecule has 0 spiro atoms. The van der Waals surface area contributed by atoms with Gasteiger partial charge in [0.2, 0.25) is 0 Å². The summed E-state index contributed by atoms with van der Waals surface area (Å²) >= 11 is 0. The molecule has 216 valence electrons. The summed E-state index contributed by atoms with van der Waals surface area (Å²) < 4.78 is 6.60. The molecule has 0 N–H and O–H groups in total. The minimum Gasteiger partial charge on any atom is -0.456 e. The first-order valence-corrected chi connectivity index (χ1v) is 15.7. The summed E-state index contributed by atoms with van der Waals surface area (Å²) in [6.07, 6.45) is 0. The summed E-state index contributed by atoms with van der Waals surface area (Å²) in [6, 6.07) is 62.7. The number of hydrogen-bond acceptors (Lipinski definition) is 2. The number of rotatable bonds is 5. The summed E-state index contributed by atoms with van der Waals surface area (Å²) in [7, 11) is 0. The van der Waals surface area contributed by atoms with Crippen molar-refractivity contribution in [3.05, 3.63) is 176 Å². The Morgan fingerprint density at radius 2 is 0.826 bits per heavy atom. The lowest BCUT2D eigenvalue weighted by atomic mass is 10.00. The van der Waals surface area contributed by atoms with Gasteiger partial charge in [0.1, 0.15) is 11.2 Å². The van der Waals surface area contributed by atoms with Crippen molar-refractivity contribution >= 4 is 60.5 Å². The van der Waals surface area contributed by atoms with E-state index in [0.717, 1.165) is 39.0 Å². The summed E-state index contributed by atoms with van der Waals surface area (Å²) in [5.41, 5.74) is 9.78. The van der Waals surface area contributed by atoms with Gasteiger partial charge in [-0.15, -0.1) is 0 Å². The molecule has 0 saturated carbocycles. The average molecular weight is 588 g/mol. The molecule has 0 unspecified atom stereocenters. The van der Waals surface area contributed by atoms with Crippen LogP contribution in [0.2, 0.25) is 0 Å². The van der Waals surface area contributed by atoms with Crippen LogP contribution in [0.3, 0.4) is 0 Å². The van der Waals surface area contributed by atoms with Crippen molar-refractivity contribution in [2.24, 2.45) is 0 Å². The Kier molecular flexibility index (Phi) is 6.17. The van der Waals surface area contributed by atoms with E-state index in [4.69, 9.17) is 4.42 Å². The Morgan fingerprint density at radius 1 is 0.304 bits per heavy atom. The third-order valence-electron chi connectivity index (χ3n) is 9.04. The highest BCUT2D eigenvalue weighted by atomic mass is 16.3. The molecular formula is C44H29NO. The van der Waals surface area contributed by atoms with Gasteiger partial charge < -0.3 is 9.32 Å². The molecule has 2 nitrogen and oxygen atoms in total. The molecule has 0 aliphatic carbocycles. The summed E-state index contributed by atoms with van der Waals surface area (Å²) in [5, 5.41) is 7.16. The van der Waals surface area contributed by atoms with Crippen LogP contribution in [0, 0.1) is 0 Å². The largest absolute Gasteiger partial charge is 0.456 e. The van der Waals surface area contributed by atoms with Crippen LogP contribution in [-0.2, 0) is 0 Å². The third-order valence-corrected chi connectivity index (χ3v) is 9.04. The highest BCUT2D eigenvalue weighted by Crippen LogP contribution is 2.41. The van der Waals surface area contributed by atoms with Gasteiger partial charge in [0.25, 0.3) is 0 Å². The Labute approximate surface area is 267 Å². The Morgan fingerprint density at radius 3 is 1.48 bits per heavy atom. The quantitative estimate of drug-likeness (QED) is 0.186. The van der Waals surface area contributed by atoms with Gasteiger partial charge in [-0.3, -0.25) is 0 Å². The number of nitrogens with zero attached hydrogens (tertiary/aromatic N) is 1. The number of hydrogen-bond donors (Lipinski definition) is 0. The minimum atomic E-state index is 0.874. The minimum absolute atomic E-state index is 0.874. The molecule has 0 amide bonds. The monoisotopic (exact) mass is 587 g/mol. The first kappa shape index (κ1) is 26.3. The zero-order chi connectivity index (χ0) is 30.5. The molecule has 9 rings (SSSR count). The molecule has 0 fully saturated rings. The van der Waals surface area contributed by atoms with Crippen molar-refractivity contribution < 1.29 is 4.42 Å². The van der Waals surface area contributed by atoms with Gasteiger partial charge in [0.05, 0.1) is 0 Å². The summed E-state index contributed by atoms with van der Waals surface area (Å²) in [4.78, 5) is 2.31. The molecule has 0 aliphatic heterocycles. The van der Waals surface area contributed by atoms with Crippen molar-refractivity contribution in [3.8, 4) is 22.3 Å². The molecule has 1 heterocycles. The van der Waals surface area contributed by atoms with Crippen LogP contribution >= 0.6 is 0 Å². The van der Waals surface area contributed by atoms with E-state index in [1.807, 2.05) is 0 Å². The van der Waals surface area contributed by atoms with Gasteiger partial charge in [-0.25, -0.2) is 0 Å². The molecule has 2 heteroatoms. The first-order chi connectivity index (χ1) is 22.8. The van der Waals surface area contributed by atoms with E-state index in [1.165, 1.54) is 43.8 Å². The molecule has 8 aromatic carbocycles. The molecule has 0 saturated heterocycles. The molecule has 0 bridgehead atoms. The van der Waals surface area contributed by atoms with Crippen molar-refractivity contribution in [2.45, 2.75) is 0 Å². The SMILES string of the molecule is c1ccc(-c2ccc(N(c3ccc(-c4ccccc4)cc3)c3ccc4c(c3)oc3cc5c(ccc6ccccc65)cc34)cc2)cc1. The van der Waals surface area contributed by atoms with E-state index < -0.39 is 0 Å². The number of anilines is 3. The van der Waals surface area contributed by atoms with Crippen LogP contribution in [0.4, 0.5) is 17.1 Å². The molecule has 0 radical (unpaired) electrons. The van der Waals surface area contributed by atoms with Crippen LogP contribution < -0.4 is 4.90 Å². The van der Waals surface area contributed by atoms with E-state index >= 15 is 0 Å². The van der Waals surface area contributed by atoms with Gasteiger partial charge in [0, 0.05) is 33.9 Å².